The molecule has 2 heterocycles. The normalized spacial score (nSPS) is 14.8. The lowest BCUT2D eigenvalue weighted by Crippen LogP contribution is -2.52. The minimum absolute atomic E-state index is 0.0258. The van der Waals surface area contributed by atoms with Crippen LogP contribution in [-0.4, -0.2) is 47.7 Å². The van der Waals surface area contributed by atoms with Crippen LogP contribution in [0.1, 0.15) is 33.4 Å². The van der Waals surface area contributed by atoms with Gasteiger partial charge in [0.05, 0.1) is 12.5 Å². The van der Waals surface area contributed by atoms with Gasteiger partial charge in [0, 0.05) is 19.0 Å². The van der Waals surface area contributed by atoms with E-state index in [9.17, 15) is 14.4 Å². The number of likely N-dealkylation sites (tertiary alicyclic amines) is 1. The lowest BCUT2D eigenvalue weighted by atomic mass is 9.98. The Kier molecular flexibility index (Phi) is 5.34. The predicted octanol–water partition coefficient (Wildman–Crippen LogP) is 3.47. The fourth-order valence-electron chi connectivity index (χ4n) is 4.35. The topological polar surface area (TPSA) is 109 Å². The number of nitrogens with one attached hydrogen (secondary N) is 1. The molecule has 1 aliphatic carbocycles. The summed E-state index contributed by atoms with van der Waals surface area (Å²) < 4.78 is 11.0. The molecule has 0 unspecified atom stereocenters. The van der Waals surface area contributed by atoms with E-state index < -0.39 is 18.0 Å². The fraction of sp³-hybridized carbons (Fsp3) is 0.240. The van der Waals surface area contributed by atoms with E-state index in [1.807, 2.05) is 24.3 Å². The number of fused-ring (bicyclic) bond motifs is 3. The van der Waals surface area contributed by atoms with Gasteiger partial charge in [-0.15, -0.1) is 0 Å². The van der Waals surface area contributed by atoms with Crippen molar-refractivity contribution >= 4 is 18.0 Å². The Morgan fingerprint density at radius 3 is 2.24 bits per heavy atom. The minimum atomic E-state index is -0.911. The number of carbonyl (C=O) groups is 3. The molecule has 33 heavy (non-hydrogen) atoms. The molecule has 1 aliphatic heterocycles. The summed E-state index contributed by atoms with van der Waals surface area (Å²) in [5.41, 5.74) is 4.59. The molecule has 1 fully saturated rings. The van der Waals surface area contributed by atoms with E-state index >= 15 is 0 Å². The number of hydrogen-bond acceptors (Lipinski definition) is 5. The van der Waals surface area contributed by atoms with Gasteiger partial charge >= 0.3 is 12.1 Å². The minimum Gasteiger partial charge on any atom is -0.481 e. The summed E-state index contributed by atoms with van der Waals surface area (Å²) in [4.78, 5) is 36.9. The molecule has 0 bridgehead atoms. The van der Waals surface area contributed by atoms with Gasteiger partial charge in [-0.3, -0.25) is 9.59 Å². The Bertz CT molecular complexity index is 1180. The first-order valence-electron chi connectivity index (χ1n) is 10.7. The average Bonchev–Trinajstić information content (AvgIpc) is 3.38. The maximum atomic E-state index is 12.3. The quantitative estimate of drug-likeness (QED) is 0.600. The van der Waals surface area contributed by atoms with E-state index in [2.05, 4.69) is 29.6 Å². The van der Waals surface area contributed by atoms with Crippen molar-refractivity contribution in [2.45, 2.75) is 12.5 Å². The Labute approximate surface area is 189 Å². The number of benzene rings is 2. The Hall–Kier alpha value is -4.07. The van der Waals surface area contributed by atoms with Gasteiger partial charge in [0.2, 0.25) is 0 Å². The van der Waals surface area contributed by atoms with Crippen molar-refractivity contribution in [1.29, 1.82) is 0 Å². The first kappa shape index (κ1) is 20.8. The highest BCUT2D eigenvalue weighted by molar-refractivity contribution is 5.93. The first-order valence-corrected chi connectivity index (χ1v) is 10.7. The molecule has 1 saturated heterocycles. The number of hydrogen-bond donors (Lipinski definition) is 2. The third-order valence-corrected chi connectivity index (χ3v) is 6.14. The molecule has 0 saturated carbocycles. The summed E-state index contributed by atoms with van der Waals surface area (Å²) in [7, 11) is 0. The van der Waals surface area contributed by atoms with Gasteiger partial charge in [0.15, 0.2) is 5.76 Å². The van der Waals surface area contributed by atoms with Crippen LogP contribution in [0.4, 0.5) is 4.79 Å². The van der Waals surface area contributed by atoms with Crippen molar-refractivity contribution in [3.63, 3.8) is 0 Å². The predicted molar refractivity (Wildman–Crippen MR) is 118 cm³/mol. The molecule has 2 aliphatic rings. The molecular weight excluding hydrogens is 424 g/mol. The highest BCUT2D eigenvalue weighted by atomic mass is 16.5. The number of rotatable bonds is 6. The van der Waals surface area contributed by atoms with E-state index in [0.717, 1.165) is 22.3 Å². The summed E-state index contributed by atoms with van der Waals surface area (Å²) in [6, 6.07) is 19.3. The van der Waals surface area contributed by atoms with Crippen LogP contribution in [0.15, 0.2) is 65.1 Å². The third-order valence-electron chi connectivity index (χ3n) is 6.14. The molecule has 2 N–H and O–H groups in total. The number of furan rings is 1. The lowest BCUT2D eigenvalue weighted by Gasteiger charge is -2.35. The van der Waals surface area contributed by atoms with Crippen LogP contribution in [0.25, 0.3) is 11.1 Å². The maximum absolute atomic E-state index is 12.3. The zero-order valence-corrected chi connectivity index (χ0v) is 17.7. The SMILES string of the molecule is O=C(NCc1ccc(C(=O)N2CC(C(=O)O)C2)o1)OCC1c2ccccc2-c2ccccc21. The van der Waals surface area contributed by atoms with Crippen LogP contribution in [0.5, 0.6) is 0 Å². The van der Waals surface area contributed by atoms with Gasteiger partial charge in [-0.05, 0) is 34.4 Å². The summed E-state index contributed by atoms with van der Waals surface area (Å²) in [5, 5.41) is 11.6. The van der Waals surface area contributed by atoms with E-state index in [1.165, 1.54) is 11.0 Å². The summed E-state index contributed by atoms with van der Waals surface area (Å²) in [6.07, 6.45) is -0.576. The van der Waals surface area contributed by atoms with Crippen molar-refractivity contribution in [2.75, 3.05) is 19.7 Å². The number of aliphatic carboxylic acids is 1. The summed E-state index contributed by atoms with van der Waals surface area (Å²) >= 11 is 0. The molecule has 168 valence electrons. The fourth-order valence-corrected chi connectivity index (χ4v) is 4.35. The van der Waals surface area contributed by atoms with Gasteiger partial charge in [-0.1, -0.05) is 48.5 Å². The largest absolute Gasteiger partial charge is 0.481 e. The lowest BCUT2D eigenvalue weighted by molar-refractivity contribution is -0.146. The van der Waals surface area contributed by atoms with Crippen LogP contribution in [0.2, 0.25) is 0 Å². The molecule has 8 heteroatoms. The molecule has 3 aromatic rings. The van der Waals surface area contributed by atoms with Gasteiger partial charge in [-0.25, -0.2) is 4.79 Å². The zero-order chi connectivity index (χ0) is 22.9. The number of amides is 2. The molecular formula is C25H22N2O6. The van der Waals surface area contributed by atoms with E-state index in [4.69, 9.17) is 14.3 Å². The molecule has 2 amide bonds. The molecule has 0 radical (unpaired) electrons. The molecule has 8 nitrogen and oxygen atoms in total. The standard InChI is InChI=1S/C25H22N2O6/c28-23(27-12-15(13-27)24(29)30)22-10-9-16(33-22)11-26-25(31)32-14-21-19-7-3-1-5-17(19)18-6-2-4-8-20(18)21/h1-10,15,21H,11-14H2,(H,26,31)(H,29,30). The van der Waals surface area contributed by atoms with Gasteiger partial charge < -0.3 is 24.5 Å². The van der Waals surface area contributed by atoms with Crippen LogP contribution >= 0.6 is 0 Å². The van der Waals surface area contributed by atoms with Crippen molar-refractivity contribution in [2.24, 2.45) is 5.92 Å². The highest BCUT2D eigenvalue weighted by Crippen LogP contribution is 2.44. The van der Waals surface area contributed by atoms with Crippen molar-refractivity contribution < 1.29 is 28.6 Å². The second-order valence-electron chi connectivity index (χ2n) is 8.19. The van der Waals surface area contributed by atoms with Crippen LogP contribution < -0.4 is 5.32 Å². The van der Waals surface area contributed by atoms with Crippen molar-refractivity contribution in [1.82, 2.24) is 10.2 Å². The monoisotopic (exact) mass is 446 g/mol. The highest BCUT2D eigenvalue weighted by Gasteiger charge is 2.37. The molecule has 0 atom stereocenters. The van der Waals surface area contributed by atoms with Crippen molar-refractivity contribution in [3.05, 3.63) is 83.3 Å². The smallest absolute Gasteiger partial charge is 0.407 e. The summed E-state index contributed by atoms with van der Waals surface area (Å²) in [5.74, 6) is -1.31. The molecule has 1 aromatic heterocycles. The number of alkyl carbamates (subject to hydrolysis) is 1. The van der Waals surface area contributed by atoms with E-state index in [1.54, 1.807) is 6.07 Å². The number of carbonyl (C=O) groups excluding carboxylic acids is 2. The van der Waals surface area contributed by atoms with Crippen molar-refractivity contribution in [3.8, 4) is 11.1 Å². The Morgan fingerprint density at radius 1 is 0.970 bits per heavy atom. The molecule has 5 rings (SSSR count). The first-order chi connectivity index (χ1) is 16.0. The molecule has 0 spiro atoms. The van der Waals surface area contributed by atoms with Gasteiger partial charge in [0.1, 0.15) is 12.4 Å². The van der Waals surface area contributed by atoms with Crippen LogP contribution in [-0.2, 0) is 16.1 Å². The van der Waals surface area contributed by atoms with E-state index in [-0.39, 0.29) is 43.8 Å². The number of carboxylic acids is 1. The van der Waals surface area contributed by atoms with E-state index in [0.29, 0.717) is 5.76 Å². The maximum Gasteiger partial charge on any atom is 0.407 e. The van der Waals surface area contributed by atoms with Crippen LogP contribution in [0, 0.1) is 5.92 Å². The average molecular weight is 446 g/mol. The number of nitrogens with zero attached hydrogens (tertiary/aromatic N) is 1. The number of carboxylic acid groups (broad SMARTS) is 1. The summed E-state index contributed by atoms with van der Waals surface area (Å²) in [6.45, 7) is 0.619. The zero-order valence-electron chi connectivity index (χ0n) is 17.7. The van der Waals surface area contributed by atoms with Crippen LogP contribution in [0.3, 0.4) is 0 Å². The Morgan fingerprint density at radius 2 is 1.61 bits per heavy atom. The molecule has 2 aromatic carbocycles. The second-order valence-corrected chi connectivity index (χ2v) is 8.19. The van der Waals surface area contributed by atoms with Gasteiger partial charge in [0.25, 0.3) is 5.91 Å². The third kappa shape index (κ3) is 3.95. The second kappa shape index (κ2) is 8.46. The van der Waals surface area contributed by atoms with Gasteiger partial charge in [-0.2, -0.15) is 0 Å². The Balaban J connectivity index is 1.14. The number of ether oxygens (including phenoxy) is 1.